The van der Waals surface area contributed by atoms with E-state index in [0.29, 0.717) is 12.5 Å². The third-order valence-corrected chi connectivity index (χ3v) is 6.01. The Kier molecular flexibility index (Phi) is 4.11. The van der Waals surface area contributed by atoms with E-state index >= 15 is 0 Å². The molecule has 0 saturated heterocycles. The van der Waals surface area contributed by atoms with E-state index in [9.17, 15) is 0 Å². The zero-order valence-corrected chi connectivity index (χ0v) is 14.3. The summed E-state index contributed by atoms with van der Waals surface area (Å²) in [5.74, 6) is 3.07. The summed E-state index contributed by atoms with van der Waals surface area (Å²) in [6.07, 6.45) is 3.97. The molecular formula is C19H29NO2. The molecule has 22 heavy (non-hydrogen) atoms. The quantitative estimate of drug-likeness (QED) is 0.922. The highest BCUT2D eigenvalue weighted by Crippen LogP contribution is 2.54. The van der Waals surface area contributed by atoms with Crippen molar-refractivity contribution in [3.8, 4) is 5.75 Å². The van der Waals surface area contributed by atoms with Gasteiger partial charge < -0.3 is 14.7 Å². The van der Waals surface area contributed by atoms with E-state index < -0.39 is 0 Å². The summed E-state index contributed by atoms with van der Waals surface area (Å²) in [6.45, 7) is 7.56. The third-order valence-electron chi connectivity index (χ3n) is 6.01. The van der Waals surface area contributed by atoms with Gasteiger partial charge in [0.1, 0.15) is 12.4 Å². The fourth-order valence-electron chi connectivity index (χ4n) is 4.51. The maximum Gasteiger partial charge on any atom is 0.121 e. The number of aliphatic hydroxyl groups is 1. The van der Waals surface area contributed by atoms with Crippen LogP contribution in [0.5, 0.6) is 5.75 Å². The lowest BCUT2D eigenvalue weighted by Crippen LogP contribution is -2.54. The second kappa shape index (κ2) is 5.77. The summed E-state index contributed by atoms with van der Waals surface area (Å²) in [6, 6.07) is 6.47. The van der Waals surface area contributed by atoms with Gasteiger partial charge in [0, 0.05) is 24.3 Å². The second-order valence-corrected chi connectivity index (χ2v) is 7.64. The number of ether oxygens (including phenoxy) is 1. The number of hydrogen-bond acceptors (Lipinski definition) is 3. The molecule has 3 nitrogen and oxygen atoms in total. The molecule has 3 heteroatoms. The van der Waals surface area contributed by atoms with Crippen LogP contribution < -0.4 is 9.64 Å². The highest BCUT2D eigenvalue weighted by Gasteiger charge is 2.46. The van der Waals surface area contributed by atoms with Crippen LogP contribution in [0.25, 0.3) is 0 Å². The summed E-state index contributed by atoms with van der Waals surface area (Å²) in [5.41, 5.74) is 2.96. The van der Waals surface area contributed by atoms with Gasteiger partial charge in [-0.2, -0.15) is 0 Å². The van der Waals surface area contributed by atoms with Crippen LogP contribution in [0.15, 0.2) is 18.2 Å². The van der Waals surface area contributed by atoms with Crippen LogP contribution in [-0.4, -0.2) is 30.9 Å². The average molecular weight is 303 g/mol. The lowest BCUT2D eigenvalue weighted by Gasteiger charge is -2.54. The van der Waals surface area contributed by atoms with E-state index in [2.05, 4.69) is 50.9 Å². The molecular weight excluding hydrogens is 274 g/mol. The Morgan fingerprint density at radius 1 is 1.32 bits per heavy atom. The topological polar surface area (TPSA) is 32.7 Å². The van der Waals surface area contributed by atoms with Gasteiger partial charge in [-0.1, -0.05) is 19.4 Å². The highest BCUT2D eigenvalue weighted by molar-refractivity contribution is 5.62. The first-order chi connectivity index (χ1) is 10.4. The molecule has 3 atom stereocenters. The largest absolute Gasteiger partial charge is 0.491 e. The molecule has 0 aromatic heterocycles. The first-order valence-corrected chi connectivity index (χ1v) is 8.56. The molecule has 1 aliphatic carbocycles. The standard InChI is InChI=1S/C19H29NO2/c1-13-5-8-17-16(11-13)15-7-6-14(22-10-9-21)12-18(15)20(4)19(17,2)3/h6-7,12-13,16-17,21H,5,8-11H2,1-4H3/t13-,16+,17-/m1/s1. The van der Waals surface area contributed by atoms with E-state index in [-0.39, 0.29) is 12.1 Å². The van der Waals surface area contributed by atoms with Gasteiger partial charge in [-0.25, -0.2) is 0 Å². The van der Waals surface area contributed by atoms with Crippen molar-refractivity contribution in [3.05, 3.63) is 23.8 Å². The van der Waals surface area contributed by atoms with Gasteiger partial charge in [0.2, 0.25) is 0 Å². The first kappa shape index (κ1) is 15.7. The third kappa shape index (κ3) is 2.50. The van der Waals surface area contributed by atoms with Crippen LogP contribution in [-0.2, 0) is 0 Å². The Morgan fingerprint density at radius 3 is 2.82 bits per heavy atom. The minimum atomic E-state index is 0.0562. The fourth-order valence-corrected chi connectivity index (χ4v) is 4.51. The fraction of sp³-hybridized carbons (Fsp3) is 0.684. The first-order valence-electron chi connectivity index (χ1n) is 8.56. The average Bonchev–Trinajstić information content (AvgIpc) is 2.50. The van der Waals surface area contributed by atoms with Crippen molar-refractivity contribution in [2.75, 3.05) is 25.2 Å². The lowest BCUT2D eigenvalue weighted by atomic mass is 9.62. The molecule has 0 unspecified atom stereocenters. The SMILES string of the molecule is C[C@@H]1CC[C@@H]2[C@@H](C1)c1ccc(OCCO)cc1N(C)C2(C)C. The Balaban J connectivity index is 2.00. The monoisotopic (exact) mass is 303 g/mol. The maximum absolute atomic E-state index is 8.95. The smallest absolute Gasteiger partial charge is 0.121 e. The predicted octanol–water partition coefficient (Wildman–Crippen LogP) is 3.81. The van der Waals surface area contributed by atoms with Crippen molar-refractivity contribution >= 4 is 5.69 Å². The molecule has 0 radical (unpaired) electrons. The molecule has 1 N–H and O–H groups in total. The van der Waals surface area contributed by atoms with E-state index in [1.165, 1.54) is 30.5 Å². The Morgan fingerprint density at radius 2 is 2.09 bits per heavy atom. The van der Waals surface area contributed by atoms with E-state index in [1.54, 1.807) is 0 Å². The minimum absolute atomic E-state index is 0.0562. The molecule has 1 aliphatic heterocycles. The van der Waals surface area contributed by atoms with Gasteiger partial charge in [-0.05, 0) is 56.1 Å². The molecule has 1 heterocycles. The molecule has 0 spiro atoms. The second-order valence-electron chi connectivity index (χ2n) is 7.64. The number of aliphatic hydroxyl groups excluding tert-OH is 1. The number of benzene rings is 1. The van der Waals surface area contributed by atoms with Gasteiger partial charge in [-0.15, -0.1) is 0 Å². The molecule has 0 amide bonds. The van der Waals surface area contributed by atoms with Crippen LogP contribution in [0.3, 0.4) is 0 Å². The van der Waals surface area contributed by atoms with Gasteiger partial charge in [-0.3, -0.25) is 0 Å². The summed E-state index contributed by atoms with van der Waals surface area (Å²) in [7, 11) is 2.21. The number of hydrogen-bond donors (Lipinski definition) is 1. The van der Waals surface area contributed by atoms with Crippen LogP contribution in [0.2, 0.25) is 0 Å². The van der Waals surface area contributed by atoms with Gasteiger partial charge >= 0.3 is 0 Å². The van der Waals surface area contributed by atoms with Crippen molar-refractivity contribution in [1.29, 1.82) is 0 Å². The predicted molar refractivity (Wildman–Crippen MR) is 90.8 cm³/mol. The molecule has 1 aromatic carbocycles. The number of anilines is 1. The molecule has 0 bridgehead atoms. The Hall–Kier alpha value is -1.22. The van der Waals surface area contributed by atoms with E-state index in [0.717, 1.165) is 17.6 Å². The molecule has 3 rings (SSSR count). The zero-order chi connectivity index (χ0) is 15.9. The van der Waals surface area contributed by atoms with Crippen molar-refractivity contribution in [2.45, 2.75) is 51.5 Å². The highest BCUT2D eigenvalue weighted by atomic mass is 16.5. The van der Waals surface area contributed by atoms with Crippen molar-refractivity contribution in [3.63, 3.8) is 0 Å². The molecule has 1 aromatic rings. The van der Waals surface area contributed by atoms with Crippen molar-refractivity contribution in [2.24, 2.45) is 11.8 Å². The van der Waals surface area contributed by atoms with Crippen LogP contribution in [0.1, 0.15) is 51.5 Å². The Labute approximate surface area is 134 Å². The van der Waals surface area contributed by atoms with Crippen LogP contribution in [0, 0.1) is 11.8 Å². The minimum Gasteiger partial charge on any atom is -0.491 e. The molecule has 1 fully saturated rings. The molecule has 122 valence electrons. The van der Waals surface area contributed by atoms with Gasteiger partial charge in [0.15, 0.2) is 0 Å². The molecule has 2 aliphatic rings. The van der Waals surface area contributed by atoms with Crippen LogP contribution >= 0.6 is 0 Å². The Bertz CT molecular complexity index is 540. The van der Waals surface area contributed by atoms with E-state index in [4.69, 9.17) is 9.84 Å². The van der Waals surface area contributed by atoms with Gasteiger partial charge in [0.05, 0.1) is 6.61 Å². The van der Waals surface area contributed by atoms with Gasteiger partial charge in [0.25, 0.3) is 0 Å². The zero-order valence-electron chi connectivity index (χ0n) is 14.3. The number of rotatable bonds is 3. The van der Waals surface area contributed by atoms with Crippen molar-refractivity contribution < 1.29 is 9.84 Å². The number of fused-ring (bicyclic) bond motifs is 3. The normalized spacial score (nSPS) is 29.7. The van der Waals surface area contributed by atoms with Crippen molar-refractivity contribution in [1.82, 2.24) is 0 Å². The maximum atomic E-state index is 8.95. The number of nitrogens with zero attached hydrogens (tertiary/aromatic N) is 1. The summed E-state index contributed by atoms with van der Waals surface area (Å²) >= 11 is 0. The lowest BCUT2D eigenvalue weighted by molar-refractivity contribution is 0.156. The summed E-state index contributed by atoms with van der Waals surface area (Å²) in [5, 5.41) is 8.95. The molecule has 1 saturated carbocycles. The van der Waals surface area contributed by atoms with E-state index in [1.807, 2.05) is 0 Å². The summed E-state index contributed by atoms with van der Waals surface area (Å²) in [4.78, 5) is 2.44. The summed E-state index contributed by atoms with van der Waals surface area (Å²) < 4.78 is 5.62. The van der Waals surface area contributed by atoms with Crippen LogP contribution in [0.4, 0.5) is 5.69 Å².